The van der Waals surface area contributed by atoms with Gasteiger partial charge in [0.1, 0.15) is 11.5 Å². The second-order valence-electron chi connectivity index (χ2n) is 5.30. The summed E-state index contributed by atoms with van der Waals surface area (Å²) in [6.45, 7) is 1.94. The maximum atomic E-state index is 14.0. The van der Waals surface area contributed by atoms with Crippen LogP contribution in [0.1, 0.15) is 12.5 Å². The second kappa shape index (κ2) is 4.62. The molecule has 5 nitrogen and oxygen atoms in total. The summed E-state index contributed by atoms with van der Waals surface area (Å²) in [4.78, 5) is 11.8. The van der Waals surface area contributed by atoms with E-state index in [0.29, 0.717) is 17.6 Å². The van der Waals surface area contributed by atoms with E-state index in [2.05, 4.69) is 20.1 Å². The van der Waals surface area contributed by atoms with Crippen molar-refractivity contribution >= 4 is 21.9 Å². The Morgan fingerprint density at radius 3 is 2.82 bits per heavy atom. The zero-order valence-electron chi connectivity index (χ0n) is 12.3. The summed E-state index contributed by atoms with van der Waals surface area (Å²) in [7, 11) is 1.86. The number of H-pyrrole nitrogens is 1. The third kappa shape index (κ3) is 1.80. The van der Waals surface area contributed by atoms with E-state index in [1.54, 1.807) is 17.1 Å². The SMILES string of the molecule is CCc1c(F)cnc2[nH]c3cnc(-c4cnn(C)c4)cc3c12. The van der Waals surface area contributed by atoms with E-state index in [1.807, 2.05) is 26.2 Å². The molecular formula is C16H14FN5. The molecule has 0 aliphatic heterocycles. The van der Waals surface area contributed by atoms with Gasteiger partial charge in [0.05, 0.1) is 29.8 Å². The Balaban J connectivity index is 2.05. The maximum absolute atomic E-state index is 14.0. The molecule has 0 atom stereocenters. The molecule has 0 aliphatic carbocycles. The molecule has 0 radical (unpaired) electrons. The fourth-order valence-corrected chi connectivity index (χ4v) is 2.86. The number of aromatic nitrogens is 5. The summed E-state index contributed by atoms with van der Waals surface area (Å²) in [6, 6.07) is 1.96. The van der Waals surface area contributed by atoms with E-state index in [1.165, 1.54) is 6.20 Å². The molecule has 0 saturated heterocycles. The maximum Gasteiger partial charge on any atom is 0.145 e. The molecule has 0 aromatic carbocycles. The van der Waals surface area contributed by atoms with Crippen molar-refractivity contribution in [3.63, 3.8) is 0 Å². The molecule has 0 saturated carbocycles. The van der Waals surface area contributed by atoms with E-state index in [0.717, 1.165) is 27.5 Å². The van der Waals surface area contributed by atoms with E-state index in [-0.39, 0.29) is 5.82 Å². The van der Waals surface area contributed by atoms with Crippen LogP contribution in [0.4, 0.5) is 4.39 Å². The van der Waals surface area contributed by atoms with Crippen molar-refractivity contribution in [1.82, 2.24) is 24.7 Å². The molecular weight excluding hydrogens is 281 g/mol. The first kappa shape index (κ1) is 12.9. The van der Waals surface area contributed by atoms with Gasteiger partial charge in [-0.3, -0.25) is 9.67 Å². The van der Waals surface area contributed by atoms with Crippen LogP contribution in [0, 0.1) is 5.82 Å². The predicted octanol–water partition coefficient (Wildman–Crippen LogP) is 3.21. The van der Waals surface area contributed by atoms with E-state index in [9.17, 15) is 4.39 Å². The molecule has 0 aliphatic rings. The number of nitrogens with zero attached hydrogens (tertiary/aromatic N) is 4. The number of aryl methyl sites for hydroxylation is 2. The van der Waals surface area contributed by atoms with Gasteiger partial charge in [0.2, 0.25) is 0 Å². The third-order valence-corrected chi connectivity index (χ3v) is 3.91. The van der Waals surface area contributed by atoms with Crippen molar-refractivity contribution in [2.45, 2.75) is 13.3 Å². The van der Waals surface area contributed by atoms with Crippen LogP contribution in [-0.2, 0) is 13.5 Å². The average Bonchev–Trinajstić information content (AvgIpc) is 3.10. The van der Waals surface area contributed by atoms with Crippen molar-refractivity contribution in [1.29, 1.82) is 0 Å². The Kier molecular flexibility index (Phi) is 2.72. The van der Waals surface area contributed by atoms with Crippen LogP contribution < -0.4 is 0 Å². The summed E-state index contributed by atoms with van der Waals surface area (Å²) in [5.74, 6) is -0.268. The topological polar surface area (TPSA) is 59.4 Å². The summed E-state index contributed by atoms with van der Waals surface area (Å²) in [5, 5.41) is 5.94. The van der Waals surface area contributed by atoms with Gasteiger partial charge in [0, 0.05) is 35.1 Å². The fraction of sp³-hybridized carbons (Fsp3) is 0.188. The van der Waals surface area contributed by atoms with Crippen LogP contribution in [-0.4, -0.2) is 24.7 Å². The van der Waals surface area contributed by atoms with Gasteiger partial charge in [-0.05, 0) is 12.5 Å². The number of aromatic amines is 1. The zero-order chi connectivity index (χ0) is 15.3. The number of pyridine rings is 2. The van der Waals surface area contributed by atoms with Gasteiger partial charge in [-0.1, -0.05) is 6.92 Å². The molecule has 4 aromatic rings. The standard InChI is InChI=1S/C16H14FN5/c1-3-10-12(17)6-19-16-15(10)11-4-13(18-7-14(11)21-16)9-5-20-22(2)8-9/h4-8H,3H2,1-2H3,(H,19,21). The number of hydrogen-bond acceptors (Lipinski definition) is 3. The summed E-state index contributed by atoms with van der Waals surface area (Å²) in [5.41, 5.74) is 3.97. The van der Waals surface area contributed by atoms with Crippen molar-refractivity contribution in [3.8, 4) is 11.3 Å². The minimum atomic E-state index is -0.268. The lowest BCUT2D eigenvalue weighted by Crippen LogP contribution is -1.91. The molecule has 4 heterocycles. The van der Waals surface area contributed by atoms with Gasteiger partial charge in [0.25, 0.3) is 0 Å². The highest BCUT2D eigenvalue weighted by atomic mass is 19.1. The summed E-state index contributed by atoms with van der Waals surface area (Å²) < 4.78 is 15.8. The van der Waals surface area contributed by atoms with Crippen molar-refractivity contribution in [2.75, 3.05) is 0 Å². The molecule has 22 heavy (non-hydrogen) atoms. The summed E-state index contributed by atoms with van der Waals surface area (Å²) in [6.07, 6.45) is 7.32. The minimum Gasteiger partial charge on any atom is -0.338 e. The quantitative estimate of drug-likeness (QED) is 0.617. The number of fused-ring (bicyclic) bond motifs is 3. The van der Waals surface area contributed by atoms with Crippen LogP contribution >= 0.6 is 0 Å². The number of hydrogen-bond donors (Lipinski definition) is 1. The first-order chi connectivity index (χ1) is 10.7. The van der Waals surface area contributed by atoms with Gasteiger partial charge < -0.3 is 4.98 Å². The molecule has 0 amide bonds. The minimum absolute atomic E-state index is 0.268. The van der Waals surface area contributed by atoms with Crippen molar-refractivity contribution in [2.24, 2.45) is 7.05 Å². The Bertz CT molecular complexity index is 999. The highest BCUT2D eigenvalue weighted by Gasteiger charge is 2.14. The van der Waals surface area contributed by atoms with Gasteiger partial charge in [0.15, 0.2) is 0 Å². The van der Waals surface area contributed by atoms with E-state index in [4.69, 9.17) is 0 Å². The number of halogens is 1. The van der Waals surface area contributed by atoms with Gasteiger partial charge in [-0.25, -0.2) is 9.37 Å². The molecule has 4 rings (SSSR count). The van der Waals surface area contributed by atoms with E-state index < -0.39 is 0 Å². The Morgan fingerprint density at radius 2 is 2.09 bits per heavy atom. The highest BCUT2D eigenvalue weighted by molar-refractivity contribution is 6.08. The van der Waals surface area contributed by atoms with Gasteiger partial charge in [-0.15, -0.1) is 0 Å². The average molecular weight is 295 g/mol. The van der Waals surface area contributed by atoms with Crippen LogP contribution in [0.3, 0.4) is 0 Å². The Labute approximate surface area is 125 Å². The largest absolute Gasteiger partial charge is 0.338 e. The second-order valence-corrected chi connectivity index (χ2v) is 5.30. The zero-order valence-corrected chi connectivity index (χ0v) is 12.3. The highest BCUT2D eigenvalue weighted by Crippen LogP contribution is 2.31. The monoisotopic (exact) mass is 295 g/mol. The molecule has 1 N–H and O–H groups in total. The molecule has 110 valence electrons. The number of rotatable bonds is 2. The fourth-order valence-electron chi connectivity index (χ4n) is 2.86. The van der Waals surface area contributed by atoms with E-state index >= 15 is 0 Å². The van der Waals surface area contributed by atoms with Crippen molar-refractivity contribution < 1.29 is 4.39 Å². The van der Waals surface area contributed by atoms with Gasteiger partial charge >= 0.3 is 0 Å². The normalized spacial score (nSPS) is 11.6. The smallest absolute Gasteiger partial charge is 0.145 e. The number of nitrogens with one attached hydrogen (secondary N) is 1. The predicted molar refractivity (Wildman–Crippen MR) is 82.9 cm³/mol. The molecule has 4 aromatic heterocycles. The molecule has 0 unspecified atom stereocenters. The van der Waals surface area contributed by atoms with Crippen molar-refractivity contribution in [3.05, 3.63) is 42.2 Å². The lowest BCUT2D eigenvalue weighted by Gasteiger charge is -2.02. The van der Waals surface area contributed by atoms with Crippen LogP contribution in [0.2, 0.25) is 0 Å². The Morgan fingerprint density at radius 1 is 1.23 bits per heavy atom. The summed E-state index contributed by atoms with van der Waals surface area (Å²) >= 11 is 0. The first-order valence-corrected chi connectivity index (χ1v) is 7.11. The van der Waals surface area contributed by atoms with Gasteiger partial charge in [-0.2, -0.15) is 5.10 Å². The lowest BCUT2D eigenvalue weighted by atomic mass is 10.1. The van der Waals surface area contributed by atoms with Crippen LogP contribution in [0.15, 0.2) is 30.9 Å². The molecule has 6 heteroatoms. The lowest BCUT2D eigenvalue weighted by molar-refractivity contribution is 0.609. The molecule has 0 spiro atoms. The first-order valence-electron chi connectivity index (χ1n) is 7.11. The van der Waals surface area contributed by atoms with Crippen LogP contribution in [0.5, 0.6) is 0 Å². The third-order valence-electron chi connectivity index (χ3n) is 3.91. The van der Waals surface area contributed by atoms with Crippen LogP contribution in [0.25, 0.3) is 33.2 Å². The molecule has 0 fully saturated rings. The molecule has 0 bridgehead atoms. The Hall–Kier alpha value is -2.76.